The molecular weight excluding hydrogens is 540 g/mol. The van der Waals surface area contributed by atoms with Crippen LogP contribution in [0.5, 0.6) is 0 Å². The normalized spacial score (nSPS) is 11.4. The average molecular weight is 561 g/mol. The minimum absolute atomic E-state index is 0.266. The van der Waals surface area contributed by atoms with E-state index >= 15 is 0 Å². The van der Waals surface area contributed by atoms with E-state index in [-0.39, 0.29) is 19.2 Å². The fourth-order valence-electron chi connectivity index (χ4n) is 3.24. The summed E-state index contributed by atoms with van der Waals surface area (Å²) in [5, 5.41) is 2.17. The van der Waals surface area contributed by atoms with Gasteiger partial charge in [-0.05, 0) is 0 Å². The summed E-state index contributed by atoms with van der Waals surface area (Å²) >= 11 is -0.266. The van der Waals surface area contributed by atoms with E-state index in [0.29, 0.717) is 0 Å². The number of benzene rings is 4. The zero-order valence-electron chi connectivity index (χ0n) is 15.3. The Labute approximate surface area is 176 Å². The number of rotatable bonds is 4. The third-order valence-electron chi connectivity index (χ3n) is 4.56. The van der Waals surface area contributed by atoms with E-state index in [1.165, 1.54) is 15.9 Å². The summed E-state index contributed by atoms with van der Waals surface area (Å²) in [5.74, 6) is 3.44. The summed E-state index contributed by atoms with van der Waals surface area (Å²) in [6.45, 7) is 0. The molecule has 0 N–H and O–H groups in total. The van der Waals surface area contributed by atoms with Gasteiger partial charge in [-0.25, -0.2) is 0 Å². The number of hydrogen-bond donors (Lipinski definition) is 0. The Morgan fingerprint density at radius 1 is 0.464 bits per heavy atom. The monoisotopic (exact) mass is 561 g/mol. The standard InChI is InChI=1S/C18H15P.C8H5.Au/c1-4-10-16(11-5-1)19(17-12-6-2-7-13-17)18-14-8-3-9-15-18;1-2-8-6-4-3-5-7-8;/h1-15H;3-7H;/q;;-1/p+1. The van der Waals surface area contributed by atoms with E-state index < -0.39 is 5.15 Å². The maximum absolute atomic E-state index is 3.65. The van der Waals surface area contributed by atoms with Gasteiger partial charge in [0.2, 0.25) is 0 Å². The Kier molecular flexibility index (Phi) is 6.23. The molecule has 0 bridgehead atoms. The zero-order chi connectivity index (χ0) is 19.1. The van der Waals surface area contributed by atoms with Gasteiger partial charge in [0.05, 0.1) is 0 Å². The summed E-state index contributed by atoms with van der Waals surface area (Å²) in [5.41, 5.74) is 1.09. The Morgan fingerprint density at radius 2 is 0.821 bits per heavy atom. The first-order valence-electron chi connectivity index (χ1n) is 9.19. The quantitative estimate of drug-likeness (QED) is 0.192. The summed E-state index contributed by atoms with van der Waals surface area (Å²) in [7, 11) is 0. The topological polar surface area (TPSA) is 0 Å². The Bertz CT molecular complexity index is 969. The van der Waals surface area contributed by atoms with Gasteiger partial charge in [0.1, 0.15) is 0 Å². The van der Waals surface area contributed by atoms with Crippen molar-refractivity contribution in [1.82, 2.24) is 0 Å². The summed E-state index contributed by atoms with van der Waals surface area (Å²) < 4.78 is 3.65. The first-order chi connectivity index (χ1) is 13.9. The van der Waals surface area contributed by atoms with Gasteiger partial charge in [0.25, 0.3) is 0 Å². The van der Waals surface area contributed by atoms with E-state index in [0.717, 1.165) is 5.56 Å². The molecule has 0 radical (unpaired) electrons. The molecule has 28 heavy (non-hydrogen) atoms. The Hall–Kier alpha value is -2.39. The van der Waals surface area contributed by atoms with Gasteiger partial charge in [-0.15, -0.1) is 0 Å². The van der Waals surface area contributed by atoms with Crippen LogP contribution in [0.4, 0.5) is 0 Å². The minimum atomic E-state index is -2.15. The molecule has 0 nitrogen and oxygen atoms in total. The molecule has 0 atom stereocenters. The van der Waals surface area contributed by atoms with Gasteiger partial charge in [0, 0.05) is 0 Å². The second-order valence-corrected chi connectivity index (χ2v) is 16.5. The Morgan fingerprint density at radius 3 is 1.21 bits per heavy atom. The molecule has 0 aromatic heterocycles. The first-order valence-corrected chi connectivity index (χ1v) is 15.3. The third kappa shape index (κ3) is 4.05. The van der Waals surface area contributed by atoms with Crippen LogP contribution < -0.4 is 15.9 Å². The summed E-state index contributed by atoms with van der Waals surface area (Å²) in [6, 6.07) is 43.4. The van der Waals surface area contributed by atoms with Crippen LogP contribution in [-0.2, 0) is 19.2 Å². The van der Waals surface area contributed by atoms with Gasteiger partial charge in [-0.1, -0.05) is 0 Å². The predicted octanol–water partition coefficient (Wildman–Crippen LogP) is 4.72. The van der Waals surface area contributed by atoms with E-state index in [2.05, 4.69) is 125 Å². The van der Waals surface area contributed by atoms with Crippen LogP contribution >= 0.6 is 5.15 Å². The van der Waals surface area contributed by atoms with Crippen molar-refractivity contribution in [3.63, 3.8) is 0 Å². The van der Waals surface area contributed by atoms with Crippen LogP contribution in [0, 0.1) is 10.1 Å². The van der Waals surface area contributed by atoms with Crippen LogP contribution in [0.15, 0.2) is 121 Å². The second kappa shape index (κ2) is 9.20. The molecule has 0 amide bonds. The maximum atomic E-state index is 3.65. The molecule has 0 aliphatic rings. The molecule has 0 fully saturated rings. The van der Waals surface area contributed by atoms with E-state index in [1.807, 2.05) is 6.07 Å². The van der Waals surface area contributed by atoms with Gasteiger partial charge in [-0.2, -0.15) is 0 Å². The molecule has 4 aromatic carbocycles. The van der Waals surface area contributed by atoms with Crippen molar-refractivity contribution >= 4 is 21.1 Å². The predicted molar refractivity (Wildman–Crippen MR) is 120 cm³/mol. The van der Waals surface area contributed by atoms with Crippen molar-refractivity contribution in [1.29, 1.82) is 0 Å². The van der Waals surface area contributed by atoms with Crippen molar-refractivity contribution in [2.75, 3.05) is 0 Å². The molecular formula is C26H21AuP. The van der Waals surface area contributed by atoms with Crippen molar-refractivity contribution < 1.29 is 19.2 Å². The summed E-state index contributed by atoms with van der Waals surface area (Å²) in [6.07, 6.45) is 0. The zero-order valence-corrected chi connectivity index (χ0v) is 18.5. The molecule has 4 rings (SSSR count). The van der Waals surface area contributed by atoms with Crippen LogP contribution in [0.1, 0.15) is 5.56 Å². The van der Waals surface area contributed by atoms with Gasteiger partial charge < -0.3 is 0 Å². The summed E-state index contributed by atoms with van der Waals surface area (Å²) in [4.78, 5) is 0. The molecule has 0 aliphatic heterocycles. The molecule has 0 saturated heterocycles. The molecule has 2 heteroatoms. The van der Waals surface area contributed by atoms with Gasteiger partial charge in [0.15, 0.2) is 0 Å². The molecule has 0 spiro atoms. The second-order valence-electron chi connectivity index (χ2n) is 6.34. The molecule has 141 valence electrons. The van der Waals surface area contributed by atoms with Crippen molar-refractivity contribution in [2.45, 2.75) is 0 Å². The van der Waals surface area contributed by atoms with Crippen molar-refractivity contribution in [3.8, 4) is 10.1 Å². The average Bonchev–Trinajstić information content (AvgIpc) is 2.79. The molecule has 0 heterocycles. The SMILES string of the molecule is [C](#Cc1ccccc1)[Au][PH](c1ccccc1)(c1ccccc1)c1ccccc1. The van der Waals surface area contributed by atoms with Crippen molar-refractivity contribution in [2.24, 2.45) is 0 Å². The van der Waals surface area contributed by atoms with Crippen LogP contribution in [0.2, 0.25) is 0 Å². The van der Waals surface area contributed by atoms with Gasteiger partial charge in [-0.3, -0.25) is 0 Å². The van der Waals surface area contributed by atoms with E-state index in [9.17, 15) is 0 Å². The van der Waals surface area contributed by atoms with E-state index in [4.69, 9.17) is 0 Å². The van der Waals surface area contributed by atoms with Crippen molar-refractivity contribution in [3.05, 3.63) is 127 Å². The van der Waals surface area contributed by atoms with Crippen LogP contribution in [0.25, 0.3) is 0 Å². The molecule has 4 aromatic rings. The number of hydrogen-bond acceptors (Lipinski definition) is 0. The van der Waals surface area contributed by atoms with Crippen LogP contribution in [0.3, 0.4) is 0 Å². The van der Waals surface area contributed by atoms with Crippen LogP contribution in [-0.4, -0.2) is 0 Å². The molecule has 0 saturated carbocycles. The Balaban J connectivity index is 1.90. The molecule has 0 aliphatic carbocycles. The molecule has 0 unspecified atom stereocenters. The van der Waals surface area contributed by atoms with Gasteiger partial charge >= 0.3 is 177 Å². The van der Waals surface area contributed by atoms with E-state index in [1.54, 1.807) is 0 Å². The fraction of sp³-hybridized carbons (Fsp3) is 0. The fourth-order valence-corrected chi connectivity index (χ4v) is 14.5. The third-order valence-corrected chi connectivity index (χ3v) is 17.3. The first kappa shape index (κ1) is 18.9.